The average Bonchev–Trinajstić information content (AvgIpc) is 2.60. The van der Waals surface area contributed by atoms with Crippen LogP contribution in [0.3, 0.4) is 0 Å². The molecule has 0 saturated carbocycles. The predicted octanol–water partition coefficient (Wildman–Crippen LogP) is 4.11. The van der Waals surface area contributed by atoms with Gasteiger partial charge in [0.15, 0.2) is 0 Å². The van der Waals surface area contributed by atoms with Crippen molar-refractivity contribution in [3.8, 4) is 11.5 Å². The van der Waals surface area contributed by atoms with Crippen molar-refractivity contribution < 1.29 is 14.3 Å². The highest BCUT2D eigenvalue weighted by Gasteiger charge is 2.08. The minimum Gasteiger partial charge on any atom is -0.495 e. The largest absolute Gasteiger partial charge is 0.495 e. The number of halogens is 1. The van der Waals surface area contributed by atoms with E-state index < -0.39 is 0 Å². The van der Waals surface area contributed by atoms with Crippen LogP contribution in [0, 0.1) is 0 Å². The van der Waals surface area contributed by atoms with E-state index in [0.29, 0.717) is 29.5 Å². The number of hydrogen-bond acceptors (Lipinski definition) is 3. The van der Waals surface area contributed by atoms with Crippen LogP contribution in [0.15, 0.2) is 42.5 Å². The van der Waals surface area contributed by atoms with E-state index in [-0.39, 0.29) is 5.91 Å². The van der Waals surface area contributed by atoms with Crippen LogP contribution in [-0.4, -0.2) is 26.2 Å². The van der Waals surface area contributed by atoms with Gasteiger partial charge in [-0.15, -0.1) is 0 Å². The van der Waals surface area contributed by atoms with Crippen molar-refractivity contribution in [3.63, 3.8) is 0 Å². The van der Waals surface area contributed by atoms with E-state index in [1.54, 1.807) is 25.3 Å². The summed E-state index contributed by atoms with van der Waals surface area (Å²) in [6.45, 7) is 3.24. The topological polar surface area (TPSA) is 47.6 Å². The second-order valence-corrected chi connectivity index (χ2v) is 5.69. The minimum atomic E-state index is -0.133. The van der Waals surface area contributed by atoms with Gasteiger partial charge < -0.3 is 14.8 Å². The van der Waals surface area contributed by atoms with Crippen LogP contribution in [-0.2, 0) is 6.42 Å². The number of nitrogens with one attached hydrogen (secondary N) is 1. The lowest BCUT2D eigenvalue weighted by Crippen LogP contribution is -2.24. The van der Waals surface area contributed by atoms with E-state index in [1.807, 2.05) is 19.1 Å². The molecule has 2 rings (SSSR count). The molecule has 24 heavy (non-hydrogen) atoms. The van der Waals surface area contributed by atoms with Gasteiger partial charge in [0.1, 0.15) is 11.5 Å². The Bertz CT molecular complexity index is 671. The lowest BCUT2D eigenvalue weighted by Gasteiger charge is -2.08. The summed E-state index contributed by atoms with van der Waals surface area (Å²) >= 11 is 6.03. The van der Waals surface area contributed by atoms with E-state index >= 15 is 0 Å². The maximum atomic E-state index is 12.1. The summed E-state index contributed by atoms with van der Waals surface area (Å²) in [5.41, 5.74) is 1.75. The molecule has 0 unspecified atom stereocenters. The van der Waals surface area contributed by atoms with Gasteiger partial charge in [0.25, 0.3) is 5.91 Å². The second-order valence-electron chi connectivity index (χ2n) is 5.29. The third-order valence-corrected chi connectivity index (χ3v) is 3.87. The highest BCUT2D eigenvalue weighted by molar-refractivity contribution is 6.32. The molecule has 0 aromatic heterocycles. The van der Waals surface area contributed by atoms with Crippen LogP contribution in [0.2, 0.25) is 5.02 Å². The molecule has 2 aromatic carbocycles. The summed E-state index contributed by atoms with van der Waals surface area (Å²) in [7, 11) is 1.54. The van der Waals surface area contributed by atoms with Crippen molar-refractivity contribution in [2.75, 3.05) is 20.3 Å². The molecule has 0 aliphatic heterocycles. The van der Waals surface area contributed by atoms with Crippen LogP contribution in [0.5, 0.6) is 11.5 Å². The molecule has 5 heteroatoms. The number of benzene rings is 2. The van der Waals surface area contributed by atoms with Crippen LogP contribution in [0.1, 0.15) is 29.3 Å². The first-order chi connectivity index (χ1) is 11.6. The van der Waals surface area contributed by atoms with Crippen LogP contribution in [0.25, 0.3) is 0 Å². The molecule has 0 heterocycles. The SMILES string of the molecule is CCOc1ccc(CCCNC(=O)c2ccc(OC)c(Cl)c2)cc1. The number of hydrogen-bond donors (Lipinski definition) is 1. The first-order valence-electron chi connectivity index (χ1n) is 7.97. The van der Waals surface area contributed by atoms with Gasteiger partial charge in [-0.05, 0) is 55.7 Å². The van der Waals surface area contributed by atoms with Crippen LogP contribution >= 0.6 is 11.6 Å². The molecule has 0 saturated heterocycles. The summed E-state index contributed by atoms with van der Waals surface area (Å²) in [6, 6.07) is 13.0. The summed E-state index contributed by atoms with van der Waals surface area (Å²) in [5, 5.41) is 3.33. The van der Waals surface area contributed by atoms with Gasteiger partial charge in [0, 0.05) is 12.1 Å². The first kappa shape index (κ1) is 18.1. The van der Waals surface area contributed by atoms with E-state index in [1.165, 1.54) is 5.56 Å². The second kappa shape index (κ2) is 9.18. The molecule has 0 fully saturated rings. The fourth-order valence-corrected chi connectivity index (χ4v) is 2.58. The van der Waals surface area contributed by atoms with Crippen LogP contribution in [0.4, 0.5) is 0 Å². The van der Waals surface area contributed by atoms with Crippen LogP contribution < -0.4 is 14.8 Å². The average molecular weight is 348 g/mol. The fraction of sp³-hybridized carbons (Fsp3) is 0.316. The van der Waals surface area contributed by atoms with Gasteiger partial charge >= 0.3 is 0 Å². The van der Waals surface area contributed by atoms with Crippen molar-refractivity contribution in [2.45, 2.75) is 19.8 Å². The number of carbonyl (C=O) groups excluding carboxylic acids is 1. The smallest absolute Gasteiger partial charge is 0.251 e. The Balaban J connectivity index is 1.77. The molecule has 0 spiro atoms. The highest BCUT2D eigenvalue weighted by Crippen LogP contribution is 2.24. The molecule has 0 aliphatic carbocycles. The number of aryl methyl sites for hydroxylation is 1. The molecule has 4 nitrogen and oxygen atoms in total. The van der Waals surface area contributed by atoms with E-state index in [4.69, 9.17) is 21.1 Å². The standard InChI is InChI=1S/C19H22ClNO3/c1-3-24-16-9-6-14(7-10-16)5-4-12-21-19(22)15-8-11-18(23-2)17(20)13-15/h6-11,13H,3-5,12H2,1-2H3,(H,21,22). The molecule has 128 valence electrons. The summed E-state index contributed by atoms with van der Waals surface area (Å²) in [5.74, 6) is 1.31. The van der Waals surface area contributed by atoms with Gasteiger partial charge in [-0.3, -0.25) is 4.79 Å². The zero-order chi connectivity index (χ0) is 17.4. The molecule has 0 atom stereocenters. The lowest BCUT2D eigenvalue weighted by molar-refractivity contribution is 0.0953. The van der Waals surface area contributed by atoms with Gasteiger partial charge in [0.05, 0.1) is 18.7 Å². The fourth-order valence-electron chi connectivity index (χ4n) is 2.32. The van der Waals surface area contributed by atoms with Crippen molar-refractivity contribution in [1.82, 2.24) is 5.32 Å². The van der Waals surface area contributed by atoms with E-state index in [0.717, 1.165) is 18.6 Å². The molecular formula is C19H22ClNO3. The molecule has 1 N–H and O–H groups in total. The monoisotopic (exact) mass is 347 g/mol. The quantitative estimate of drug-likeness (QED) is 0.731. The Hall–Kier alpha value is -2.20. The maximum Gasteiger partial charge on any atom is 0.251 e. The summed E-state index contributed by atoms with van der Waals surface area (Å²) in [6.07, 6.45) is 1.76. The Morgan fingerprint density at radius 1 is 1.17 bits per heavy atom. The van der Waals surface area contributed by atoms with E-state index in [9.17, 15) is 4.79 Å². The summed E-state index contributed by atoms with van der Waals surface area (Å²) < 4.78 is 10.5. The number of ether oxygens (including phenoxy) is 2. The van der Waals surface area contributed by atoms with Crippen molar-refractivity contribution in [1.29, 1.82) is 0 Å². The predicted molar refractivity (Wildman–Crippen MR) is 96.3 cm³/mol. The molecule has 2 aromatic rings. The number of carbonyl (C=O) groups is 1. The summed E-state index contributed by atoms with van der Waals surface area (Å²) in [4.78, 5) is 12.1. The number of methoxy groups -OCH3 is 1. The van der Waals surface area contributed by atoms with Crippen molar-refractivity contribution >= 4 is 17.5 Å². The zero-order valence-corrected chi connectivity index (χ0v) is 14.7. The molecular weight excluding hydrogens is 326 g/mol. The van der Waals surface area contributed by atoms with E-state index in [2.05, 4.69) is 17.4 Å². The van der Waals surface area contributed by atoms with Gasteiger partial charge in [-0.25, -0.2) is 0 Å². The number of rotatable bonds is 8. The van der Waals surface area contributed by atoms with Gasteiger partial charge in [0.2, 0.25) is 0 Å². The zero-order valence-electron chi connectivity index (χ0n) is 14.0. The maximum absolute atomic E-state index is 12.1. The third kappa shape index (κ3) is 5.17. The normalized spacial score (nSPS) is 10.3. The van der Waals surface area contributed by atoms with Gasteiger partial charge in [-0.2, -0.15) is 0 Å². The minimum absolute atomic E-state index is 0.133. The Kier molecular flexibility index (Phi) is 6.94. The third-order valence-electron chi connectivity index (χ3n) is 3.58. The Morgan fingerprint density at radius 3 is 2.54 bits per heavy atom. The Labute approximate surface area is 147 Å². The lowest BCUT2D eigenvalue weighted by atomic mass is 10.1. The number of amides is 1. The highest BCUT2D eigenvalue weighted by atomic mass is 35.5. The molecule has 1 amide bonds. The molecule has 0 bridgehead atoms. The Morgan fingerprint density at radius 2 is 1.92 bits per heavy atom. The molecule has 0 aliphatic rings. The first-order valence-corrected chi connectivity index (χ1v) is 8.35. The molecule has 0 radical (unpaired) electrons. The van der Waals surface area contributed by atoms with Crippen molar-refractivity contribution in [2.24, 2.45) is 0 Å². The van der Waals surface area contributed by atoms with Crippen molar-refractivity contribution in [3.05, 3.63) is 58.6 Å². The van der Waals surface area contributed by atoms with Gasteiger partial charge in [-0.1, -0.05) is 23.7 Å².